The summed E-state index contributed by atoms with van der Waals surface area (Å²) in [7, 11) is 0. The normalized spacial score (nSPS) is 14.2. The van der Waals surface area contributed by atoms with Crippen molar-refractivity contribution in [2.24, 2.45) is 0 Å². The summed E-state index contributed by atoms with van der Waals surface area (Å²) in [5.74, 6) is 0.820. The Morgan fingerprint density at radius 3 is 2.89 bits per heavy atom. The molecule has 98 valence electrons. The smallest absolute Gasteiger partial charge is 0.256 e. The molecule has 0 unspecified atom stereocenters. The minimum atomic E-state index is -0.0771. The maximum Gasteiger partial charge on any atom is 0.256 e. The Morgan fingerprint density at radius 1 is 1.26 bits per heavy atom. The van der Waals surface area contributed by atoms with Crippen molar-refractivity contribution in [2.45, 2.75) is 13.1 Å². The second-order valence-corrected chi connectivity index (χ2v) is 4.61. The summed E-state index contributed by atoms with van der Waals surface area (Å²) in [4.78, 5) is 18.4. The zero-order chi connectivity index (χ0) is 13.4. The molecule has 0 radical (unpaired) electrons. The van der Waals surface area contributed by atoms with Crippen LogP contribution >= 0.6 is 0 Å². The van der Waals surface area contributed by atoms with Crippen LogP contribution in [-0.4, -0.2) is 26.9 Å². The number of hydrogen-bond acceptors (Lipinski definition) is 4. The molecule has 3 rings (SSSR count). The molecule has 0 saturated heterocycles. The van der Waals surface area contributed by atoms with E-state index < -0.39 is 0 Å². The van der Waals surface area contributed by atoms with Crippen LogP contribution in [0.3, 0.4) is 0 Å². The van der Waals surface area contributed by atoms with Gasteiger partial charge in [0.25, 0.3) is 5.91 Å². The SMILES string of the molecule is Nc1ccc(C(=O)N2CCn3ccnc3C2)c(N)c1. The van der Waals surface area contributed by atoms with Crippen LogP contribution in [0.15, 0.2) is 30.6 Å². The van der Waals surface area contributed by atoms with E-state index >= 15 is 0 Å². The van der Waals surface area contributed by atoms with Gasteiger partial charge in [-0.15, -0.1) is 0 Å². The van der Waals surface area contributed by atoms with Crippen molar-refractivity contribution in [1.29, 1.82) is 0 Å². The number of nitrogens with zero attached hydrogens (tertiary/aromatic N) is 3. The fourth-order valence-electron chi connectivity index (χ4n) is 2.29. The van der Waals surface area contributed by atoms with Gasteiger partial charge in [-0.3, -0.25) is 4.79 Å². The Hall–Kier alpha value is -2.50. The van der Waals surface area contributed by atoms with Crippen LogP contribution in [0.5, 0.6) is 0 Å². The molecular weight excluding hydrogens is 242 g/mol. The average Bonchev–Trinajstić information content (AvgIpc) is 2.85. The highest BCUT2D eigenvalue weighted by Crippen LogP contribution is 2.20. The van der Waals surface area contributed by atoms with Crippen LogP contribution in [0.2, 0.25) is 0 Å². The summed E-state index contributed by atoms with van der Waals surface area (Å²) in [6.07, 6.45) is 3.68. The van der Waals surface area contributed by atoms with Crippen molar-refractivity contribution in [2.75, 3.05) is 18.0 Å². The molecule has 0 fully saturated rings. The Bertz CT molecular complexity index is 634. The maximum absolute atomic E-state index is 12.4. The van der Waals surface area contributed by atoms with Crippen LogP contribution in [0, 0.1) is 0 Å². The Balaban J connectivity index is 1.85. The van der Waals surface area contributed by atoms with E-state index in [1.807, 2.05) is 6.20 Å². The molecule has 2 aromatic rings. The summed E-state index contributed by atoms with van der Waals surface area (Å²) in [5, 5.41) is 0. The van der Waals surface area contributed by atoms with Gasteiger partial charge in [0.2, 0.25) is 0 Å². The topological polar surface area (TPSA) is 90.2 Å². The molecule has 0 spiro atoms. The number of amides is 1. The molecule has 1 aromatic heterocycles. The summed E-state index contributed by atoms with van der Waals surface area (Å²) in [6.45, 7) is 1.93. The summed E-state index contributed by atoms with van der Waals surface area (Å²) in [6, 6.07) is 4.97. The minimum absolute atomic E-state index is 0.0771. The van der Waals surface area contributed by atoms with Crippen molar-refractivity contribution in [1.82, 2.24) is 14.5 Å². The number of fused-ring (bicyclic) bond motifs is 1. The van der Waals surface area contributed by atoms with Crippen LogP contribution in [0.25, 0.3) is 0 Å². The monoisotopic (exact) mass is 257 g/mol. The quantitative estimate of drug-likeness (QED) is 0.736. The van der Waals surface area contributed by atoms with Gasteiger partial charge >= 0.3 is 0 Å². The van der Waals surface area contributed by atoms with E-state index in [1.54, 1.807) is 29.3 Å². The predicted molar refractivity (Wildman–Crippen MR) is 72.2 cm³/mol. The van der Waals surface area contributed by atoms with Crippen LogP contribution < -0.4 is 11.5 Å². The number of anilines is 2. The highest BCUT2D eigenvalue weighted by atomic mass is 16.2. The molecular formula is C13H15N5O. The van der Waals surface area contributed by atoms with Crippen molar-refractivity contribution in [3.05, 3.63) is 42.0 Å². The van der Waals surface area contributed by atoms with E-state index in [2.05, 4.69) is 9.55 Å². The lowest BCUT2D eigenvalue weighted by Crippen LogP contribution is -2.38. The summed E-state index contributed by atoms with van der Waals surface area (Å²) in [5.41, 5.74) is 13.0. The van der Waals surface area contributed by atoms with E-state index in [0.29, 0.717) is 30.0 Å². The van der Waals surface area contributed by atoms with Crippen molar-refractivity contribution < 1.29 is 4.79 Å². The fourth-order valence-corrected chi connectivity index (χ4v) is 2.29. The first-order valence-corrected chi connectivity index (χ1v) is 6.09. The van der Waals surface area contributed by atoms with Gasteiger partial charge in [0.15, 0.2) is 0 Å². The Morgan fingerprint density at radius 2 is 2.11 bits per heavy atom. The second kappa shape index (κ2) is 4.31. The third-order valence-corrected chi connectivity index (χ3v) is 3.34. The van der Waals surface area contributed by atoms with E-state index in [0.717, 1.165) is 12.4 Å². The lowest BCUT2D eigenvalue weighted by atomic mass is 10.1. The van der Waals surface area contributed by atoms with Crippen molar-refractivity contribution in [3.63, 3.8) is 0 Å². The fraction of sp³-hybridized carbons (Fsp3) is 0.231. The number of benzene rings is 1. The highest BCUT2D eigenvalue weighted by Gasteiger charge is 2.23. The van der Waals surface area contributed by atoms with E-state index in [1.165, 1.54) is 0 Å². The second-order valence-electron chi connectivity index (χ2n) is 4.61. The molecule has 1 amide bonds. The predicted octanol–water partition coefficient (Wildman–Crippen LogP) is 0.703. The van der Waals surface area contributed by atoms with Gasteiger partial charge in [-0.25, -0.2) is 4.98 Å². The van der Waals surface area contributed by atoms with Crippen LogP contribution in [-0.2, 0) is 13.1 Å². The first kappa shape index (κ1) is 11.6. The summed E-state index contributed by atoms with van der Waals surface area (Å²) >= 11 is 0. The highest BCUT2D eigenvalue weighted by molar-refractivity contribution is 5.99. The third kappa shape index (κ3) is 2.01. The average molecular weight is 257 g/mol. The molecule has 1 aromatic carbocycles. The number of hydrogen-bond donors (Lipinski definition) is 2. The molecule has 6 nitrogen and oxygen atoms in total. The molecule has 4 N–H and O–H groups in total. The van der Waals surface area contributed by atoms with E-state index in [-0.39, 0.29) is 5.91 Å². The molecule has 0 bridgehead atoms. The van der Waals surface area contributed by atoms with E-state index in [9.17, 15) is 4.79 Å². The molecule has 0 atom stereocenters. The van der Waals surface area contributed by atoms with Gasteiger partial charge in [-0.2, -0.15) is 0 Å². The number of imidazole rings is 1. The zero-order valence-corrected chi connectivity index (χ0v) is 10.4. The Kier molecular flexibility index (Phi) is 2.63. The van der Waals surface area contributed by atoms with E-state index in [4.69, 9.17) is 11.5 Å². The van der Waals surface area contributed by atoms with Gasteiger partial charge < -0.3 is 20.9 Å². The summed E-state index contributed by atoms with van der Waals surface area (Å²) < 4.78 is 2.05. The molecule has 1 aliphatic heterocycles. The van der Waals surface area contributed by atoms with Gasteiger partial charge in [0.05, 0.1) is 12.1 Å². The molecule has 19 heavy (non-hydrogen) atoms. The van der Waals surface area contributed by atoms with Crippen molar-refractivity contribution >= 4 is 17.3 Å². The number of nitrogen functional groups attached to an aromatic ring is 2. The van der Waals surface area contributed by atoms with Gasteiger partial charge in [-0.1, -0.05) is 0 Å². The maximum atomic E-state index is 12.4. The number of aromatic nitrogens is 2. The lowest BCUT2D eigenvalue weighted by molar-refractivity contribution is 0.0708. The molecule has 6 heteroatoms. The van der Waals surface area contributed by atoms with Crippen LogP contribution in [0.4, 0.5) is 11.4 Å². The van der Waals surface area contributed by atoms with Crippen molar-refractivity contribution in [3.8, 4) is 0 Å². The Labute approximate surface area is 110 Å². The number of rotatable bonds is 1. The molecule has 0 saturated carbocycles. The number of nitrogens with two attached hydrogens (primary N) is 2. The minimum Gasteiger partial charge on any atom is -0.399 e. The first-order chi connectivity index (χ1) is 9.15. The molecule has 1 aliphatic rings. The van der Waals surface area contributed by atoms with Crippen LogP contribution in [0.1, 0.15) is 16.2 Å². The largest absolute Gasteiger partial charge is 0.399 e. The number of carbonyl (C=O) groups excluding carboxylic acids is 1. The molecule has 2 heterocycles. The van der Waals surface area contributed by atoms with Gasteiger partial charge in [0.1, 0.15) is 5.82 Å². The molecule has 0 aliphatic carbocycles. The first-order valence-electron chi connectivity index (χ1n) is 6.09. The zero-order valence-electron chi connectivity index (χ0n) is 10.4. The number of carbonyl (C=O) groups is 1. The van der Waals surface area contributed by atoms with Gasteiger partial charge in [-0.05, 0) is 18.2 Å². The third-order valence-electron chi connectivity index (χ3n) is 3.34. The lowest BCUT2D eigenvalue weighted by Gasteiger charge is -2.28. The standard InChI is InChI=1S/C13H15N5O/c14-9-1-2-10(11(15)7-9)13(19)18-6-5-17-4-3-16-12(17)8-18/h1-4,7H,5-6,8,14-15H2. The van der Waals surface area contributed by atoms with Gasteiger partial charge in [0, 0.05) is 36.9 Å².